The van der Waals surface area contributed by atoms with Crippen molar-refractivity contribution >= 4 is 12.0 Å². The molecule has 92 valence electrons. The molecule has 0 aromatic carbocycles. The van der Waals surface area contributed by atoms with Gasteiger partial charge in [-0.25, -0.2) is 9.59 Å². The van der Waals surface area contributed by atoms with Gasteiger partial charge in [0.1, 0.15) is 6.04 Å². The van der Waals surface area contributed by atoms with Crippen molar-refractivity contribution in [1.82, 2.24) is 10.2 Å². The maximum atomic E-state index is 11.7. The monoisotopic (exact) mass is 230 g/mol. The van der Waals surface area contributed by atoms with Gasteiger partial charge in [0.2, 0.25) is 0 Å². The van der Waals surface area contributed by atoms with E-state index in [1.54, 1.807) is 7.11 Å². The van der Waals surface area contributed by atoms with E-state index < -0.39 is 12.0 Å². The summed E-state index contributed by atoms with van der Waals surface area (Å²) in [6.45, 7) is 2.72. The summed E-state index contributed by atoms with van der Waals surface area (Å²) in [5.74, 6) is -0.938. The number of nitrogens with one attached hydrogen (secondary N) is 1. The van der Waals surface area contributed by atoms with E-state index in [9.17, 15) is 9.59 Å². The summed E-state index contributed by atoms with van der Waals surface area (Å²) in [6, 6.07) is -1.01. The van der Waals surface area contributed by atoms with E-state index in [0.29, 0.717) is 19.5 Å². The highest BCUT2D eigenvalue weighted by Crippen LogP contribution is 2.17. The maximum Gasteiger partial charge on any atom is 0.326 e. The Bertz CT molecular complexity index is 270. The molecule has 2 N–H and O–H groups in total. The van der Waals surface area contributed by atoms with Crippen molar-refractivity contribution in [2.45, 2.75) is 31.9 Å². The topological polar surface area (TPSA) is 78.9 Å². The van der Waals surface area contributed by atoms with E-state index in [-0.39, 0.29) is 12.1 Å². The molecule has 1 aliphatic rings. The van der Waals surface area contributed by atoms with Gasteiger partial charge in [-0.05, 0) is 19.8 Å². The van der Waals surface area contributed by atoms with Crippen LogP contribution in [0, 0.1) is 0 Å². The summed E-state index contributed by atoms with van der Waals surface area (Å²) in [4.78, 5) is 23.9. The third-order valence-corrected chi connectivity index (χ3v) is 2.74. The third kappa shape index (κ3) is 3.10. The van der Waals surface area contributed by atoms with Crippen molar-refractivity contribution in [3.8, 4) is 0 Å². The fraction of sp³-hybridized carbons (Fsp3) is 0.800. The van der Waals surface area contributed by atoms with Gasteiger partial charge in [-0.3, -0.25) is 0 Å². The summed E-state index contributed by atoms with van der Waals surface area (Å²) in [5.41, 5.74) is 0. The van der Waals surface area contributed by atoms with Crippen LogP contribution < -0.4 is 5.32 Å². The maximum absolute atomic E-state index is 11.7. The number of amides is 2. The van der Waals surface area contributed by atoms with Gasteiger partial charge in [0.05, 0.1) is 6.10 Å². The molecule has 0 aromatic rings. The number of methoxy groups -OCH3 is 1. The molecule has 2 atom stereocenters. The van der Waals surface area contributed by atoms with Crippen LogP contribution in [0.5, 0.6) is 0 Å². The number of hydrogen-bond donors (Lipinski definition) is 2. The second-order valence-electron chi connectivity index (χ2n) is 3.92. The van der Waals surface area contributed by atoms with E-state index in [1.807, 2.05) is 6.92 Å². The molecule has 1 saturated heterocycles. The van der Waals surface area contributed by atoms with Crippen LogP contribution in [0.1, 0.15) is 19.8 Å². The zero-order chi connectivity index (χ0) is 12.1. The lowest BCUT2D eigenvalue weighted by Gasteiger charge is -2.22. The number of carboxylic acid groups (broad SMARTS) is 1. The van der Waals surface area contributed by atoms with Gasteiger partial charge in [0.15, 0.2) is 0 Å². The molecule has 0 spiro atoms. The molecule has 2 amide bonds. The molecule has 6 heteroatoms. The molecule has 1 aliphatic heterocycles. The van der Waals surface area contributed by atoms with Gasteiger partial charge < -0.3 is 20.1 Å². The molecule has 1 rings (SSSR count). The molecule has 1 unspecified atom stereocenters. The molecule has 1 heterocycles. The van der Waals surface area contributed by atoms with Crippen molar-refractivity contribution in [1.29, 1.82) is 0 Å². The van der Waals surface area contributed by atoms with Crippen LogP contribution in [-0.2, 0) is 9.53 Å². The van der Waals surface area contributed by atoms with Crippen LogP contribution in [-0.4, -0.2) is 54.4 Å². The molecule has 0 radical (unpaired) electrons. The highest BCUT2D eigenvalue weighted by atomic mass is 16.5. The van der Waals surface area contributed by atoms with Gasteiger partial charge in [0, 0.05) is 20.2 Å². The normalized spacial score (nSPS) is 21.9. The van der Waals surface area contributed by atoms with Crippen molar-refractivity contribution in [2.24, 2.45) is 0 Å². The molecule has 6 nitrogen and oxygen atoms in total. The Morgan fingerprint density at radius 3 is 2.88 bits per heavy atom. The predicted octanol–water partition coefficient (Wildman–Crippen LogP) is 0.280. The Hall–Kier alpha value is -1.30. The van der Waals surface area contributed by atoms with Crippen molar-refractivity contribution in [2.75, 3.05) is 20.2 Å². The predicted molar refractivity (Wildman–Crippen MR) is 57.2 cm³/mol. The fourth-order valence-corrected chi connectivity index (χ4v) is 1.68. The van der Waals surface area contributed by atoms with E-state index in [1.165, 1.54) is 4.90 Å². The average Bonchev–Trinajstić information content (AvgIpc) is 2.74. The number of urea groups is 1. The van der Waals surface area contributed by atoms with Gasteiger partial charge in [-0.1, -0.05) is 0 Å². The largest absolute Gasteiger partial charge is 0.480 e. The summed E-state index contributed by atoms with van der Waals surface area (Å²) < 4.78 is 4.99. The molecule has 16 heavy (non-hydrogen) atoms. The Balaban J connectivity index is 2.44. The van der Waals surface area contributed by atoms with E-state index in [2.05, 4.69) is 5.32 Å². The first-order valence-electron chi connectivity index (χ1n) is 5.36. The quantitative estimate of drug-likeness (QED) is 0.727. The first-order valence-corrected chi connectivity index (χ1v) is 5.36. The molecular formula is C10H18N2O4. The number of carbonyl (C=O) groups is 2. The summed E-state index contributed by atoms with van der Waals surface area (Å²) in [6.07, 6.45) is 1.20. The minimum absolute atomic E-state index is 0.0742. The number of carbonyl (C=O) groups excluding carboxylic acids is 1. The molecule has 0 aliphatic carbocycles. The Morgan fingerprint density at radius 1 is 1.62 bits per heavy atom. The second-order valence-corrected chi connectivity index (χ2v) is 3.92. The molecule has 1 fully saturated rings. The number of aliphatic carboxylic acids is 1. The average molecular weight is 230 g/mol. The molecule has 0 saturated carbocycles. The summed E-state index contributed by atoms with van der Waals surface area (Å²) >= 11 is 0. The first kappa shape index (κ1) is 12.8. The lowest BCUT2D eigenvalue weighted by atomic mass is 10.2. The van der Waals surface area contributed by atoms with Crippen LogP contribution >= 0.6 is 0 Å². The van der Waals surface area contributed by atoms with Crippen LogP contribution in [0.3, 0.4) is 0 Å². The number of hydrogen-bond acceptors (Lipinski definition) is 3. The lowest BCUT2D eigenvalue weighted by molar-refractivity contribution is -0.141. The van der Waals surface area contributed by atoms with Crippen molar-refractivity contribution in [3.63, 3.8) is 0 Å². The highest BCUT2D eigenvalue weighted by Gasteiger charge is 2.33. The number of carboxylic acids is 1. The van der Waals surface area contributed by atoms with Gasteiger partial charge in [0.25, 0.3) is 0 Å². The SMILES string of the molecule is COC(C)CNC(=O)N1CCC[C@@H]1C(=O)O. The second kappa shape index (κ2) is 5.69. The number of nitrogens with zero attached hydrogens (tertiary/aromatic N) is 1. The number of rotatable bonds is 4. The van der Waals surface area contributed by atoms with Crippen LogP contribution in [0.4, 0.5) is 4.79 Å². The fourth-order valence-electron chi connectivity index (χ4n) is 1.68. The molecule has 0 bridgehead atoms. The van der Waals surface area contributed by atoms with Crippen LogP contribution in [0.25, 0.3) is 0 Å². The number of ether oxygens (including phenoxy) is 1. The minimum Gasteiger partial charge on any atom is -0.480 e. The Morgan fingerprint density at radius 2 is 2.31 bits per heavy atom. The van der Waals surface area contributed by atoms with Gasteiger partial charge in [-0.2, -0.15) is 0 Å². The summed E-state index contributed by atoms with van der Waals surface area (Å²) in [5, 5.41) is 11.6. The van der Waals surface area contributed by atoms with E-state index >= 15 is 0 Å². The summed E-state index contributed by atoms with van der Waals surface area (Å²) in [7, 11) is 1.56. The highest BCUT2D eigenvalue weighted by molar-refractivity contribution is 5.83. The van der Waals surface area contributed by atoms with E-state index in [4.69, 9.17) is 9.84 Å². The van der Waals surface area contributed by atoms with Gasteiger partial charge in [-0.15, -0.1) is 0 Å². The van der Waals surface area contributed by atoms with Crippen LogP contribution in [0.2, 0.25) is 0 Å². The lowest BCUT2D eigenvalue weighted by Crippen LogP contribution is -2.47. The first-order chi connectivity index (χ1) is 7.56. The smallest absolute Gasteiger partial charge is 0.326 e. The van der Waals surface area contributed by atoms with Crippen molar-refractivity contribution in [3.05, 3.63) is 0 Å². The number of likely N-dealkylation sites (tertiary alicyclic amines) is 1. The Labute approximate surface area is 94.6 Å². The van der Waals surface area contributed by atoms with E-state index in [0.717, 1.165) is 6.42 Å². The molecular weight excluding hydrogens is 212 g/mol. The minimum atomic E-state index is -0.938. The van der Waals surface area contributed by atoms with Crippen LogP contribution in [0.15, 0.2) is 0 Å². The third-order valence-electron chi connectivity index (χ3n) is 2.74. The van der Waals surface area contributed by atoms with Crippen molar-refractivity contribution < 1.29 is 19.4 Å². The molecule has 0 aromatic heterocycles. The van der Waals surface area contributed by atoms with Gasteiger partial charge >= 0.3 is 12.0 Å². The standard InChI is InChI=1S/C10H18N2O4/c1-7(16-2)6-11-10(15)12-5-3-4-8(12)9(13)14/h7-8H,3-6H2,1-2H3,(H,11,15)(H,13,14)/t7?,8-/m1/s1. The Kier molecular flexibility index (Phi) is 4.54. The zero-order valence-corrected chi connectivity index (χ0v) is 9.60. The zero-order valence-electron chi connectivity index (χ0n) is 9.60.